The Labute approximate surface area is 228 Å². The molecule has 0 amide bonds. The van der Waals surface area contributed by atoms with E-state index < -0.39 is 74.9 Å². The predicted octanol–water partition coefficient (Wildman–Crippen LogP) is 1.37. The van der Waals surface area contributed by atoms with Crippen molar-refractivity contribution < 1.29 is 58.5 Å². The van der Waals surface area contributed by atoms with Crippen LogP contribution in [0.15, 0.2) is 38.7 Å². The van der Waals surface area contributed by atoms with Gasteiger partial charge in [-0.25, -0.2) is 9.59 Å². The second-order valence-corrected chi connectivity index (χ2v) is 9.67. The first-order chi connectivity index (χ1) is 19.5. The molecular weight excluding hydrogens is 546 g/mol. The Hall–Kier alpha value is -5.08. The first kappa shape index (κ1) is 26.2. The number of phenols is 3. The van der Waals surface area contributed by atoms with Crippen molar-refractivity contribution in [3.8, 4) is 23.0 Å². The molecule has 1 aliphatic carbocycles. The second kappa shape index (κ2) is 8.97. The highest BCUT2D eigenvalue weighted by atomic mass is 16.7. The molecule has 2 aromatic carbocycles. The minimum Gasteiger partial charge on any atom is -0.507 e. The molecule has 3 heterocycles. The maximum Gasteiger partial charge on any atom is 0.374 e. The van der Waals surface area contributed by atoms with Crippen LogP contribution in [-0.4, -0.2) is 69.1 Å². The van der Waals surface area contributed by atoms with Gasteiger partial charge in [-0.15, -0.1) is 0 Å². The van der Waals surface area contributed by atoms with Gasteiger partial charge in [-0.1, -0.05) is 0 Å². The third kappa shape index (κ3) is 3.72. The third-order valence-electron chi connectivity index (χ3n) is 7.19. The zero-order valence-electron chi connectivity index (χ0n) is 21.1. The highest BCUT2D eigenvalue weighted by Crippen LogP contribution is 2.54. The number of benzene rings is 2. The maximum atomic E-state index is 13.5. The smallest absolute Gasteiger partial charge is 0.374 e. The minimum absolute atomic E-state index is 0.0207. The van der Waals surface area contributed by atoms with Gasteiger partial charge < -0.3 is 49.5 Å². The van der Waals surface area contributed by atoms with E-state index in [2.05, 4.69) is 10.1 Å². The molecule has 14 heteroatoms. The predicted molar refractivity (Wildman–Crippen MR) is 135 cm³/mol. The highest BCUT2D eigenvalue weighted by Gasteiger charge is 2.55. The summed E-state index contributed by atoms with van der Waals surface area (Å²) in [6.07, 6.45) is -2.12. The van der Waals surface area contributed by atoms with Crippen molar-refractivity contribution >= 4 is 34.0 Å². The Morgan fingerprint density at radius 2 is 1.83 bits per heavy atom. The lowest BCUT2D eigenvalue weighted by Gasteiger charge is -2.37. The molecule has 0 saturated heterocycles. The number of Topliss-reactive ketones (excluding diaryl/α,β-unsaturated/α-hetero) is 2. The van der Waals surface area contributed by atoms with Crippen LogP contribution < -0.4 is 15.7 Å². The lowest BCUT2D eigenvalue weighted by Crippen LogP contribution is -2.41. The zero-order valence-corrected chi connectivity index (χ0v) is 21.1. The molecule has 1 spiro atoms. The van der Waals surface area contributed by atoms with Crippen molar-refractivity contribution in [1.82, 2.24) is 0 Å². The van der Waals surface area contributed by atoms with Gasteiger partial charge in [-0.3, -0.25) is 9.59 Å². The number of methoxy groups -OCH3 is 1. The number of allylic oxidation sites excluding steroid dienone is 1. The largest absolute Gasteiger partial charge is 0.507 e. The fraction of sp³-hybridized carbons (Fsp3) is 0.259. The topological polar surface area (TPSA) is 222 Å². The lowest BCUT2D eigenvalue weighted by molar-refractivity contribution is -0.170. The molecule has 0 saturated carbocycles. The summed E-state index contributed by atoms with van der Waals surface area (Å²) >= 11 is 0. The van der Waals surface area contributed by atoms with Crippen molar-refractivity contribution in [2.45, 2.75) is 24.7 Å². The first-order valence-corrected chi connectivity index (χ1v) is 12.2. The third-order valence-corrected chi connectivity index (χ3v) is 7.19. The van der Waals surface area contributed by atoms with Gasteiger partial charge in [-0.2, -0.15) is 0 Å². The van der Waals surface area contributed by atoms with E-state index in [-0.39, 0.29) is 59.3 Å². The Morgan fingerprint density at radius 3 is 2.54 bits per heavy atom. The summed E-state index contributed by atoms with van der Waals surface area (Å²) in [5.74, 6) is -7.82. The lowest BCUT2D eigenvalue weighted by atomic mass is 9.84. The quantitative estimate of drug-likeness (QED) is 0.149. The SMILES string of the molecule is COC(=O)c1cc2cc3c(c(O)c2c(=O)o1)OC1(CC2=C(O1)C(=O)c1c(O)c(NCCO)cc(O)c1C2=O)CC3O. The Balaban J connectivity index is 1.40. The van der Waals surface area contributed by atoms with Gasteiger partial charge in [0.1, 0.15) is 11.1 Å². The first-order valence-electron chi connectivity index (χ1n) is 12.2. The molecule has 1 aromatic heterocycles. The summed E-state index contributed by atoms with van der Waals surface area (Å²) in [7, 11) is 1.09. The van der Waals surface area contributed by atoms with E-state index in [1.54, 1.807) is 0 Å². The second-order valence-electron chi connectivity index (χ2n) is 9.67. The van der Waals surface area contributed by atoms with Crippen LogP contribution in [0.4, 0.5) is 5.69 Å². The number of esters is 1. The molecule has 2 aliphatic heterocycles. The van der Waals surface area contributed by atoms with E-state index in [0.29, 0.717) is 0 Å². The van der Waals surface area contributed by atoms with Crippen LogP contribution in [0.25, 0.3) is 10.8 Å². The van der Waals surface area contributed by atoms with Crippen molar-refractivity contribution in [1.29, 1.82) is 0 Å². The number of carbonyl (C=O) groups is 3. The molecule has 6 N–H and O–H groups in total. The summed E-state index contributed by atoms with van der Waals surface area (Å²) in [5, 5.41) is 54.7. The molecule has 3 aliphatic rings. The van der Waals surface area contributed by atoms with Crippen LogP contribution in [0.5, 0.6) is 23.0 Å². The number of phenolic OH excluding ortho intramolecular Hbond substituents is 3. The number of nitrogens with one attached hydrogen (secondary N) is 1. The van der Waals surface area contributed by atoms with Crippen LogP contribution in [0.3, 0.4) is 0 Å². The van der Waals surface area contributed by atoms with E-state index in [1.807, 2.05) is 0 Å². The Kier molecular flexibility index (Phi) is 5.72. The number of carbonyl (C=O) groups excluding carboxylic acids is 3. The van der Waals surface area contributed by atoms with Crippen LogP contribution in [0.2, 0.25) is 0 Å². The van der Waals surface area contributed by atoms with Crippen molar-refractivity contribution in [3.63, 3.8) is 0 Å². The molecule has 6 rings (SSSR count). The number of hydrogen-bond acceptors (Lipinski definition) is 14. The van der Waals surface area contributed by atoms with Crippen molar-refractivity contribution in [2.75, 3.05) is 25.6 Å². The number of aliphatic hydroxyl groups excluding tert-OH is 2. The Bertz CT molecular complexity index is 1800. The maximum absolute atomic E-state index is 13.5. The normalized spacial score (nSPS) is 20.8. The van der Waals surface area contributed by atoms with E-state index in [1.165, 1.54) is 6.07 Å². The summed E-state index contributed by atoms with van der Waals surface area (Å²) < 4.78 is 21.3. The zero-order chi connectivity index (χ0) is 29.4. The average Bonchev–Trinajstić information content (AvgIpc) is 3.31. The number of aliphatic hydroxyl groups is 2. The number of rotatable bonds is 4. The average molecular weight is 567 g/mol. The summed E-state index contributed by atoms with van der Waals surface area (Å²) in [6.45, 7) is -0.337. The summed E-state index contributed by atoms with van der Waals surface area (Å²) in [6, 6.07) is 3.52. The molecule has 2 unspecified atom stereocenters. The highest BCUT2D eigenvalue weighted by molar-refractivity contribution is 6.29. The van der Waals surface area contributed by atoms with Gasteiger partial charge in [-0.05, 0) is 17.5 Å². The molecule has 212 valence electrons. The van der Waals surface area contributed by atoms with Crippen LogP contribution in [0, 0.1) is 0 Å². The monoisotopic (exact) mass is 567 g/mol. The fourth-order valence-corrected chi connectivity index (χ4v) is 5.40. The minimum atomic E-state index is -1.88. The van der Waals surface area contributed by atoms with Gasteiger partial charge in [0, 0.05) is 18.2 Å². The van der Waals surface area contributed by atoms with Gasteiger partial charge in [0.05, 0.1) is 55.0 Å². The fourth-order valence-electron chi connectivity index (χ4n) is 5.40. The number of hydrogen-bond donors (Lipinski definition) is 6. The van der Waals surface area contributed by atoms with Crippen LogP contribution in [-0.2, 0) is 9.47 Å². The molecule has 41 heavy (non-hydrogen) atoms. The molecule has 0 bridgehead atoms. The number of ether oxygens (including phenoxy) is 3. The molecule has 2 atom stereocenters. The number of aromatic hydroxyl groups is 3. The summed E-state index contributed by atoms with van der Waals surface area (Å²) in [4.78, 5) is 51.4. The van der Waals surface area contributed by atoms with Gasteiger partial charge in [0.2, 0.25) is 11.5 Å². The van der Waals surface area contributed by atoms with Crippen LogP contribution >= 0.6 is 0 Å². The van der Waals surface area contributed by atoms with Crippen LogP contribution in [0.1, 0.15) is 55.8 Å². The summed E-state index contributed by atoms with van der Waals surface area (Å²) in [5.41, 5.74) is -2.32. The molecule has 0 fully saturated rings. The molecule has 14 nitrogen and oxygen atoms in total. The number of fused-ring (bicyclic) bond motifs is 3. The van der Waals surface area contributed by atoms with E-state index in [4.69, 9.17) is 19.0 Å². The van der Waals surface area contributed by atoms with Crippen molar-refractivity contribution in [3.05, 3.63) is 62.4 Å². The Morgan fingerprint density at radius 1 is 1.07 bits per heavy atom. The molecular formula is C27H21NO13. The molecule has 3 aromatic rings. The van der Waals surface area contributed by atoms with E-state index >= 15 is 0 Å². The number of ketones is 2. The van der Waals surface area contributed by atoms with E-state index in [0.717, 1.165) is 19.2 Å². The molecule has 0 radical (unpaired) electrons. The van der Waals surface area contributed by atoms with Gasteiger partial charge in [0.25, 0.3) is 5.79 Å². The number of anilines is 1. The van der Waals surface area contributed by atoms with Gasteiger partial charge >= 0.3 is 11.6 Å². The van der Waals surface area contributed by atoms with E-state index in [9.17, 15) is 39.6 Å². The van der Waals surface area contributed by atoms with Gasteiger partial charge in [0.15, 0.2) is 28.8 Å². The standard InChI is InChI=1S/C27H21NO13/c1-38-25(36)15-5-9-4-10-14(31)8-27(40-23(10)21(34)16(9)26(37)39-15)7-11-19(32)17-13(30)6-12(28-2-3-29)20(33)18(17)22(35)24(11)41-27/h4-6,14,28-31,33-34H,2-3,7-8H2,1H3. The van der Waals surface area contributed by atoms with Crippen molar-refractivity contribution in [2.24, 2.45) is 0 Å².